The summed E-state index contributed by atoms with van der Waals surface area (Å²) in [4.78, 5) is 28.3. The van der Waals surface area contributed by atoms with Gasteiger partial charge >= 0.3 is 5.91 Å². The molecule has 13 heteroatoms. The molecule has 4 aromatic rings. The highest BCUT2D eigenvalue weighted by atomic mass is 35.5. The number of halogens is 2. The number of Topliss-reactive ketones (excluding diaryl/α,β-unsaturated/α-hetero) is 1. The number of methoxy groups -OCH3 is 1. The maximum atomic E-state index is 13.5. The van der Waals surface area contributed by atoms with E-state index in [2.05, 4.69) is 10.2 Å². The van der Waals surface area contributed by atoms with E-state index in [1.54, 1.807) is 61.7 Å². The molecule has 1 saturated heterocycles. The van der Waals surface area contributed by atoms with Gasteiger partial charge in [0, 0.05) is 21.4 Å². The molecule has 2 aliphatic heterocycles. The van der Waals surface area contributed by atoms with Crippen LogP contribution in [0.25, 0.3) is 5.76 Å². The highest BCUT2D eigenvalue weighted by Gasteiger charge is 2.48. The first kappa shape index (κ1) is 28.4. The van der Waals surface area contributed by atoms with Crippen molar-refractivity contribution in [1.82, 2.24) is 10.2 Å². The lowest BCUT2D eigenvalue weighted by atomic mass is 9.95. The lowest BCUT2D eigenvalue weighted by Crippen LogP contribution is -2.29. The Balaban J connectivity index is 1.38. The van der Waals surface area contributed by atoms with Crippen molar-refractivity contribution in [3.8, 4) is 17.2 Å². The number of ketones is 1. The van der Waals surface area contributed by atoms with Gasteiger partial charge in [-0.3, -0.25) is 14.5 Å². The van der Waals surface area contributed by atoms with Crippen LogP contribution in [0.1, 0.15) is 22.7 Å². The van der Waals surface area contributed by atoms with Gasteiger partial charge in [-0.15, -0.1) is 10.2 Å². The zero-order chi connectivity index (χ0) is 29.4. The van der Waals surface area contributed by atoms with Crippen LogP contribution >= 0.6 is 46.3 Å². The van der Waals surface area contributed by atoms with Crippen LogP contribution in [0.15, 0.2) is 70.6 Å². The molecule has 2 aliphatic rings. The van der Waals surface area contributed by atoms with Crippen molar-refractivity contribution in [2.24, 2.45) is 0 Å². The summed E-state index contributed by atoms with van der Waals surface area (Å²) in [5.74, 6) is 0.0399. The predicted molar refractivity (Wildman–Crippen MR) is 161 cm³/mol. The lowest BCUT2D eigenvalue weighted by molar-refractivity contribution is -0.132. The first-order valence-electron chi connectivity index (χ1n) is 12.6. The largest absolute Gasteiger partial charge is 0.507 e. The Morgan fingerprint density at radius 3 is 2.55 bits per heavy atom. The van der Waals surface area contributed by atoms with E-state index in [4.69, 9.17) is 37.4 Å². The van der Waals surface area contributed by atoms with E-state index < -0.39 is 17.7 Å². The van der Waals surface area contributed by atoms with Crippen molar-refractivity contribution in [3.63, 3.8) is 0 Å². The Morgan fingerprint density at radius 1 is 1.05 bits per heavy atom. The first-order chi connectivity index (χ1) is 20.3. The third-order valence-corrected chi connectivity index (χ3v) is 9.35. The van der Waals surface area contributed by atoms with Crippen molar-refractivity contribution < 1.29 is 28.9 Å². The molecule has 9 nitrogen and oxygen atoms in total. The van der Waals surface area contributed by atoms with E-state index in [0.29, 0.717) is 61.7 Å². The van der Waals surface area contributed by atoms with Crippen LogP contribution in [0.5, 0.6) is 17.2 Å². The summed E-state index contributed by atoms with van der Waals surface area (Å²) in [5.41, 5.74) is 1.66. The van der Waals surface area contributed by atoms with Gasteiger partial charge in [0.05, 0.1) is 18.7 Å². The Hall–Kier alpha value is -3.77. The summed E-state index contributed by atoms with van der Waals surface area (Å²) in [5, 5.41) is 21.2. The molecule has 6 rings (SSSR count). The van der Waals surface area contributed by atoms with Crippen molar-refractivity contribution in [2.45, 2.75) is 16.1 Å². The highest BCUT2D eigenvalue weighted by Crippen LogP contribution is 2.45. The van der Waals surface area contributed by atoms with Gasteiger partial charge in [-0.1, -0.05) is 64.5 Å². The maximum absolute atomic E-state index is 13.5. The number of carbonyl (C=O) groups excluding carboxylic acids is 2. The molecule has 0 saturated carbocycles. The van der Waals surface area contributed by atoms with Crippen LogP contribution in [-0.2, 0) is 15.3 Å². The molecular formula is C29H21Cl2N3O6S2. The number of amides is 1. The SMILES string of the molecule is COc1ccc([C@H]2/C(=C(\O)c3ccc4c(c3)OCCO4)C(=O)C(=O)N2c2nnc(SCc3ccc(Cl)cc3Cl)s2)cc1. The standard InChI is InChI=1S/C29H21Cl2N3O6S2/c1-38-19-7-3-15(4-8-19)24-23(25(35)16-5-9-21-22(12-16)40-11-10-39-21)26(36)27(37)34(24)28-32-33-29(42-28)41-14-17-2-6-18(30)13-20(17)31/h2-9,12-13,24,35H,10-11,14H2,1H3/b25-23+/t24-/m0/s1. The molecule has 1 N–H and O–H groups in total. The van der Waals surface area contributed by atoms with Crippen molar-refractivity contribution in [2.75, 3.05) is 25.2 Å². The number of fused-ring (bicyclic) bond motifs is 1. The number of aliphatic hydroxyl groups excluding tert-OH is 1. The van der Waals surface area contributed by atoms with Crippen LogP contribution in [0, 0.1) is 0 Å². The molecule has 1 atom stereocenters. The van der Waals surface area contributed by atoms with Gasteiger partial charge in [-0.2, -0.15) is 0 Å². The predicted octanol–water partition coefficient (Wildman–Crippen LogP) is 6.54. The van der Waals surface area contributed by atoms with Crippen molar-refractivity contribution in [1.29, 1.82) is 0 Å². The van der Waals surface area contributed by atoms with Crippen LogP contribution in [0.3, 0.4) is 0 Å². The minimum Gasteiger partial charge on any atom is -0.507 e. The second-order valence-electron chi connectivity index (χ2n) is 9.18. The normalized spacial score (nSPS) is 17.5. The van der Waals surface area contributed by atoms with E-state index >= 15 is 0 Å². The molecule has 0 unspecified atom stereocenters. The highest BCUT2D eigenvalue weighted by molar-refractivity contribution is 8.00. The topological polar surface area (TPSA) is 111 Å². The number of hydrogen-bond acceptors (Lipinski definition) is 10. The number of ether oxygens (including phenoxy) is 3. The Kier molecular flexibility index (Phi) is 8.00. The van der Waals surface area contributed by atoms with Crippen molar-refractivity contribution >= 4 is 68.9 Å². The minimum absolute atomic E-state index is 0.0841. The number of rotatable bonds is 7. The average molecular weight is 643 g/mol. The second kappa shape index (κ2) is 11.8. The summed E-state index contributed by atoms with van der Waals surface area (Å²) in [6, 6.07) is 16.0. The number of carbonyl (C=O) groups is 2. The Bertz CT molecular complexity index is 1730. The quantitative estimate of drug-likeness (QED) is 0.0790. The fourth-order valence-electron chi connectivity index (χ4n) is 4.61. The molecule has 1 amide bonds. The van der Waals surface area contributed by atoms with Crippen LogP contribution in [-0.4, -0.2) is 47.3 Å². The summed E-state index contributed by atoms with van der Waals surface area (Å²) >= 11 is 14.9. The van der Waals surface area contributed by atoms with E-state index in [-0.39, 0.29) is 16.5 Å². The Morgan fingerprint density at radius 2 is 1.81 bits per heavy atom. The van der Waals surface area contributed by atoms with Crippen LogP contribution in [0.4, 0.5) is 5.13 Å². The first-order valence-corrected chi connectivity index (χ1v) is 15.1. The monoisotopic (exact) mass is 641 g/mol. The maximum Gasteiger partial charge on any atom is 0.301 e. The molecule has 0 radical (unpaired) electrons. The number of hydrogen-bond donors (Lipinski definition) is 1. The second-order valence-corrected chi connectivity index (χ2v) is 12.2. The molecule has 214 valence electrons. The lowest BCUT2D eigenvalue weighted by Gasteiger charge is -2.23. The molecule has 1 fully saturated rings. The smallest absolute Gasteiger partial charge is 0.301 e. The van der Waals surface area contributed by atoms with Gasteiger partial charge in [0.2, 0.25) is 5.13 Å². The zero-order valence-electron chi connectivity index (χ0n) is 21.9. The van der Waals surface area contributed by atoms with Crippen molar-refractivity contribution in [3.05, 3.63) is 93.0 Å². The van der Waals surface area contributed by atoms with Gasteiger partial charge in [0.1, 0.15) is 24.7 Å². The number of thioether (sulfide) groups is 1. The van der Waals surface area contributed by atoms with Gasteiger partial charge in [-0.25, -0.2) is 0 Å². The molecular weight excluding hydrogens is 621 g/mol. The average Bonchev–Trinajstić information content (AvgIpc) is 3.57. The number of aliphatic hydroxyl groups is 1. The van der Waals surface area contributed by atoms with Gasteiger partial charge in [0.25, 0.3) is 5.78 Å². The number of aromatic nitrogens is 2. The fraction of sp³-hybridized carbons (Fsp3) is 0.172. The summed E-state index contributed by atoms with van der Waals surface area (Å²) in [7, 11) is 1.54. The number of benzene rings is 3. The van der Waals surface area contributed by atoms with Gasteiger partial charge in [-0.05, 0) is 53.6 Å². The van der Waals surface area contributed by atoms with Crippen LogP contribution in [0.2, 0.25) is 10.0 Å². The number of nitrogens with zero attached hydrogens (tertiary/aromatic N) is 3. The van der Waals surface area contributed by atoms with Crippen LogP contribution < -0.4 is 19.1 Å². The van der Waals surface area contributed by atoms with E-state index in [0.717, 1.165) is 16.9 Å². The van der Waals surface area contributed by atoms with E-state index in [1.807, 2.05) is 6.07 Å². The third kappa shape index (κ3) is 5.40. The third-order valence-electron chi connectivity index (χ3n) is 6.66. The molecule has 0 bridgehead atoms. The Labute approximate surface area is 258 Å². The summed E-state index contributed by atoms with van der Waals surface area (Å²) < 4.78 is 17.1. The van der Waals surface area contributed by atoms with Gasteiger partial charge in [0.15, 0.2) is 15.8 Å². The molecule has 42 heavy (non-hydrogen) atoms. The summed E-state index contributed by atoms with van der Waals surface area (Å²) in [6.07, 6.45) is 0. The molecule has 0 spiro atoms. The zero-order valence-corrected chi connectivity index (χ0v) is 25.0. The fourth-order valence-corrected chi connectivity index (χ4v) is 7.04. The molecule has 0 aliphatic carbocycles. The molecule has 3 aromatic carbocycles. The van der Waals surface area contributed by atoms with E-state index in [9.17, 15) is 14.7 Å². The molecule has 3 heterocycles. The summed E-state index contributed by atoms with van der Waals surface area (Å²) in [6.45, 7) is 0.769. The number of anilines is 1. The molecule has 1 aromatic heterocycles. The van der Waals surface area contributed by atoms with E-state index in [1.165, 1.54) is 16.7 Å². The van der Waals surface area contributed by atoms with Gasteiger partial charge < -0.3 is 19.3 Å². The minimum atomic E-state index is -0.972.